The van der Waals surface area contributed by atoms with Gasteiger partial charge in [-0.3, -0.25) is 14.3 Å². The molecular weight excluding hydrogens is 296 g/mol. The summed E-state index contributed by atoms with van der Waals surface area (Å²) in [6.45, 7) is 1.48. The topological polar surface area (TPSA) is 104 Å². The van der Waals surface area contributed by atoms with Crippen molar-refractivity contribution in [1.29, 1.82) is 0 Å². The summed E-state index contributed by atoms with van der Waals surface area (Å²) in [5.74, 6) is -2.50. The number of nitrogens with zero attached hydrogens (tertiary/aromatic N) is 1. The normalized spacial score (nSPS) is 15.0. The first kappa shape index (κ1) is 15.3. The number of benzene rings is 1. The van der Waals surface area contributed by atoms with E-state index in [0.717, 1.165) is 25.9 Å². The van der Waals surface area contributed by atoms with Crippen molar-refractivity contribution in [3.63, 3.8) is 0 Å². The second-order valence-corrected chi connectivity index (χ2v) is 6.55. The summed E-state index contributed by atoms with van der Waals surface area (Å²) in [5, 5.41) is 8.50. The lowest BCUT2D eigenvalue weighted by atomic mass is 10.2. The Morgan fingerprint density at radius 1 is 1.14 bits per heavy atom. The molecule has 1 heterocycles. The van der Waals surface area contributed by atoms with Gasteiger partial charge in [-0.15, -0.1) is 0 Å². The van der Waals surface area contributed by atoms with Crippen molar-refractivity contribution in [2.45, 2.75) is 12.8 Å². The van der Waals surface area contributed by atoms with Gasteiger partial charge >= 0.3 is 5.97 Å². The van der Waals surface area contributed by atoms with Crippen LogP contribution in [0.5, 0.6) is 0 Å². The van der Waals surface area contributed by atoms with Crippen LogP contribution in [0.1, 0.15) is 23.2 Å². The highest BCUT2D eigenvalue weighted by atomic mass is 32.2. The monoisotopic (exact) mass is 312 g/mol. The molecule has 0 atom stereocenters. The molecule has 1 aliphatic heterocycles. The van der Waals surface area contributed by atoms with E-state index in [9.17, 15) is 18.0 Å². The summed E-state index contributed by atoms with van der Waals surface area (Å²) in [6.07, 6.45) is 2.00. The van der Waals surface area contributed by atoms with Gasteiger partial charge in [0.15, 0.2) is 5.75 Å². The average molecular weight is 312 g/mol. The van der Waals surface area contributed by atoms with Gasteiger partial charge in [-0.1, -0.05) is 0 Å². The zero-order valence-electron chi connectivity index (χ0n) is 11.3. The van der Waals surface area contributed by atoms with Crippen LogP contribution in [-0.4, -0.2) is 49.1 Å². The Labute approximate surface area is 122 Å². The van der Waals surface area contributed by atoms with E-state index in [1.165, 1.54) is 24.3 Å². The molecule has 2 rings (SSSR count). The maximum Gasteiger partial charge on any atom is 0.320 e. The van der Waals surface area contributed by atoms with Crippen LogP contribution in [0.15, 0.2) is 24.3 Å². The summed E-state index contributed by atoms with van der Waals surface area (Å²) >= 11 is 0. The molecule has 114 valence electrons. The lowest BCUT2D eigenvalue weighted by molar-refractivity contribution is -0.134. The molecule has 0 radical (unpaired) electrons. The zero-order chi connectivity index (χ0) is 15.5. The summed E-state index contributed by atoms with van der Waals surface area (Å²) in [6, 6.07) is 5.95. The number of nitrogens with one attached hydrogen (secondary N) is 1. The molecule has 0 aliphatic carbocycles. The number of amides is 1. The number of carboxylic acid groups (broad SMARTS) is 1. The lowest BCUT2D eigenvalue weighted by Gasteiger charge is -2.15. The largest absolute Gasteiger partial charge is 0.480 e. The van der Waals surface area contributed by atoms with Gasteiger partial charge in [0.1, 0.15) is 0 Å². The number of sulfonamides is 1. The molecule has 1 amide bonds. The van der Waals surface area contributed by atoms with E-state index in [-0.39, 0.29) is 11.6 Å². The molecule has 0 aromatic heterocycles. The van der Waals surface area contributed by atoms with Crippen molar-refractivity contribution < 1.29 is 23.1 Å². The quantitative estimate of drug-likeness (QED) is 0.835. The number of hydrogen-bond donors (Lipinski definition) is 2. The molecule has 2 N–H and O–H groups in total. The Morgan fingerprint density at radius 3 is 2.24 bits per heavy atom. The fraction of sp³-hybridized carbons (Fsp3) is 0.385. The summed E-state index contributed by atoms with van der Waals surface area (Å²) in [4.78, 5) is 24.3. The minimum atomic E-state index is -3.93. The van der Waals surface area contributed by atoms with Crippen LogP contribution in [0.3, 0.4) is 0 Å². The van der Waals surface area contributed by atoms with E-state index in [1.54, 1.807) is 4.90 Å². The highest BCUT2D eigenvalue weighted by Gasteiger charge is 2.20. The first-order chi connectivity index (χ1) is 9.87. The highest BCUT2D eigenvalue weighted by molar-refractivity contribution is 7.93. The second kappa shape index (κ2) is 6.13. The third kappa shape index (κ3) is 4.19. The molecule has 0 bridgehead atoms. The molecule has 7 nitrogen and oxygen atoms in total. The van der Waals surface area contributed by atoms with Gasteiger partial charge in [0.2, 0.25) is 10.0 Å². The van der Waals surface area contributed by atoms with E-state index in [1.807, 2.05) is 0 Å². The predicted molar refractivity (Wildman–Crippen MR) is 76.6 cm³/mol. The highest BCUT2D eigenvalue weighted by Crippen LogP contribution is 2.16. The molecule has 0 saturated carbocycles. The number of aliphatic carboxylic acids is 1. The number of anilines is 1. The Morgan fingerprint density at radius 2 is 1.71 bits per heavy atom. The molecule has 1 saturated heterocycles. The SMILES string of the molecule is O=C(O)CS(=O)(=O)Nc1ccc(C(=O)N2CCCC2)cc1. The van der Waals surface area contributed by atoms with Crippen LogP contribution in [0, 0.1) is 0 Å². The fourth-order valence-corrected chi connectivity index (χ4v) is 3.05. The first-order valence-electron chi connectivity index (χ1n) is 6.49. The fourth-order valence-electron chi connectivity index (χ4n) is 2.16. The predicted octanol–water partition coefficient (Wildman–Crippen LogP) is 0.749. The van der Waals surface area contributed by atoms with Crippen LogP contribution in [0.2, 0.25) is 0 Å². The molecule has 0 spiro atoms. The minimum Gasteiger partial charge on any atom is -0.480 e. The summed E-state index contributed by atoms with van der Waals surface area (Å²) < 4.78 is 25.1. The molecule has 1 fully saturated rings. The molecular formula is C13H16N2O5S. The van der Waals surface area contributed by atoms with Crippen molar-refractivity contribution in [3.05, 3.63) is 29.8 Å². The van der Waals surface area contributed by atoms with Gasteiger partial charge < -0.3 is 10.0 Å². The van der Waals surface area contributed by atoms with Gasteiger partial charge in [-0.2, -0.15) is 0 Å². The van der Waals surface area contributed by atoms with Gasteiger partial charge in [0, 0.05) is 24.3 Å². The lowest BCUT2D eigenvalue weighted by Crippen LogP contribution is -2.27. The maximum atomic E-state index is 12.1. The third-order valence-electron chi connectivity index (χ3n) is 3.11. The number of carbonyl (C=O) groups is 2. The van der Waals surface area contributed by atoms with Crippen LogP contribution in [-0.2, 0) is 14.8 Å². The molecule has 21 heavy (non-hydrogen) atoms. The number of likely N-dealkylation sites (tertiary alicyclic amines) is 1. The standard InChI is InChI=1S/C13H16N2O5S/c16-12(17)9-21(19,20)14-11-5-3-10(4-6-11)13(18)15-7-1-2-8-15/h3-6,14H,1-2,7-9H2,(H,16,17). The third-order valence-corrected chi connectivity index (χ3v) is 4.29. The molecule has 1 aromatic carbocycles. The molecule has 8 heteroatoms. The van der Waals surface area contributed by atoms with Gasteiger partial charge in [0.05, 0.1) is 0 Å². The van der Waals surface area contributed by atoms with E-state index in [2.05, 4.69) is 4.72 Å². The number of rotatable bonds is 5. The Kier molecular flexibility index (Phi) is 4.46. The molecule has 0 unspecified atom stereocenters. The van der Waals surface area contributed by atoms with E-state index < -0.39 is 21.7 Å². The van der Waals surface area contributed by atoms with Gasteiger partial charge in [-0.05, 0) is 37.1 Å². The molecule has 1 aliphatic rings. The van der Waals surface area contributed by atoms with Crippen molar-refractivity contribution in [2.24, 2.45) is 0 Å². The Hall–Kier alpha value is -2.09. The Balaban J connectivity index is 2.05. The van der Waals surface area contributed by atoms with Crippen molar-refractivity contribution >= 4 is 27.6 Å². The van der Waals surface area contributed by atoms with Gasteiger partial charge in [0.25, 0.3) is 5.91 Å². The van der Waals surface area contributed by atoms with E-state index >= 15 is 0 Å². The van der Waals surface area contributed by atoms with E-state index in [4.69, 9.17) is 5.11 Å². The average Bonchev–Trinajstić information content (AvgIpc) is 2.90. The smallest absolute Gasteiger partial charge is 0.320 e. The minimum absolute atomic E-state index is 0.0764. The summed E-state index contributed by atoms with van der Waals surface area (Å²) in [5.41, 5.74) is 0.715. The number of carboxylic acids is 1. The van der Waals surface area contributed by atoms with Crippen molar-refractivity contribution in [3.8, 4) is 0 Å². The van der Waals surface area contributed by atoms with Gasteiger partial charge in [-0.25, -0.2) is 8.42 Å². The Bertz CT molecular complexity index is 633. The van der Waals surface area contributed by atoms with Crippen LogP contribution in [0.4, 0.5) is 5.69 Å². The summed E-state index contributed by atoms with van der Waals surface area (Å²) in [7, 11) is -3.93. The number of hydrogen-bond acceptors (Lipinski definition) is 4. The van der Waals surface area contributed by atoms with Crippen molar-refractivity contribution in [2.75, 3.05) is 23.6 Å². The second-order valence-electron chi connectivity index (χ2n) is 4.83. The number of carbonyl (C=O) groups excluding carboxylic acids is 1. The van der Waals surface area contributed by atoms with E-state index in [0.29, 0.717) is 5.56 Å². The first-order valence-corrected chi connectivity index (χ1v) is 8.14. The zero-order valence-corrected chi connectivity index (χ0v) is 12.1. The van der Waals surface area contributed by atoms with Crippen LogP contribution in [0.25, 0.3) is 0 Å². The maximum absolute atomic E-state index is 12.1. The van der Waals surface area contributed by atoms with Crippen LogP contribution < -0.4 is 4.72 Å². The molecule has 1 aromatic rings. The van der Waals surface area contributed by atoms with Crippen LogP contribution >= 0.6 is 0 Å². The van der Waals surface area contributed by atoms with Crippen molar-refractivity contribution in [1.82, 2.24) is 4.90 Å².